The summed E-state index contributed by atoms with van der Waals surface area (Å²) in [5, 5.41) is 2.46. The second-order valence-corrected chi connectivity index (χ2v) is 3.30. The highest BCUT2D eigenvalue weighted by Crippen LogP contribution is 2.03. The molecule has 1 aromatic heterocycles. The lowest BCUT2D eigenvalue weighted by molar-refractivity contribution is -0.141. The third-order valence-electron chi connectivity index (χ3n) is 2.10. The summed E-state index contributed by atoms with van der Waals surface area (Å²) in [5.74, 6) is -0.710. The van der Waals surface area contributed by atoms with Gasteiger partial charge in [0.25, 0.3) is 0 Å². The van der Waals surface area contributed by atoms with Gasteiger partial charge >= 0.3 is 5.97 Å². The fraction of sp³-hybridized carbons (Fsp3) is 0.364. The van der Waals surface area contributed by atoms with Gasteiger partial charge in [-0.2, -0.15) is 0 Å². The lowest BCUT2D eigenvalue weighted by Crippen LogP contribution is -2.31. The van der Waals surface area contributed by atoms with Crippen LogP contribution in [0.15, 0.2) is 18.3 Å². The van der Waals surface area contributed by atoms with Crippen LogP contribution in [0.3, 0.4) is 0 Å². The van der Waals surface area contributed by atoms with Gasteiger partial charge in [0.1, 0.15) is 6.54 Å². The molecule has 0 aliphatic heterocycles. The summed E-state index contributed by atoms with van der Waals surface area (Å²) in [5.41, 5.74) is 1.67. The number of aryl methyl sites for hydroxylation is 1. The second kappa shape index (κ2) is 5.85. The molecule has 1 aromatic rings. The molecule has 1 amide bonds. The van der Waals surface area contributed by atoms with Gasteiger partial charge in [-0.3, -0.25) is 14.6 Å². The molecule has 0 radical (unpaired) electrons. The van der Waals surface area contributed by atoms with E-state index in [1.54, 1.807) is 6.20 Å². The Morgan fingerprint density at radius 2 is 2.25 bits per heavy atom. The summed E-state index contributed by atoms with van der Waals surface area (Å²) in [6.45, 7) is 1.77. The molecular weight excluding hydrogens is 208 g/mol. The molecule has 0 fully saturated rings. The number of esters is 1. The SMILES string of the molecule is COC(=O)CNC(=O)Cc1ncccc1C. The van der Waals surface area contributed by atoms with E-state index < -0.39 is 5.97 Å². The van der Waals surface area contributed by atoms with Crippen LogP contribution in [0.4, 0.5) is 0 Å². The molecule has 0 saturated heterocycles. The van der Waals surface area contributed by atoms with E-state index in [2.05, 4.69) is 15.0 Å². The first-order valence-electron chi connectivity index (χ1n) is 4.87. The topological polar surface area (TPSA) is 68.3 Å². The smallest absolute Gasteiger partial charge is 0.325 e. The Balaban J connectivity index is 2.46. The van der Waals surface area contributed by atoms with Crippen molar-refractivity contribution in [2.45, 2.75) is 13.3 Å². The Morgan fingerprint density at radius 1 is 1.50 bits per heavy atom. The number of pyridine rings is 1. The number of aromatic nitrogens is 1. The number of carbonyl (C=O) groups is 2. The van der Waals surface area contributed by atoms with Crippen LogP contribution in [0.1, 0.15) is 11.3 Å². The van der Waals surface area contributed by atoms with Gasteiger partial charge in [-0.15, -0.1) is 0 Å². The zero-order valence-electron chi connectivity index (χ0n) is 9.32. The zero-order chi connectivity index (χ0) is 12.0. The summed E-state index contributed by atoms with van der Waals surface area (Å²) in [6.07, 6.45) is 1.81. The minimum absolute atomic E-state index is 0.110. The van der Waals surface area contributed by atoms with Crippen molar-refractivity contribution in [1.29, 1.82) is 0 Å². The largest absolute Gasteiger partial charge is 0.468 e. The van der Waals surface area contributed by atoms with E-state index in [9.17, 15) is 9.59 Å². The lowest BCUT2D eigenvalue weighted by Gasteiger charge is -2.05. The maximum Gasteiger partial charge on any atom is 0.325 e. The van der Waals surface area contributed by atoms with E-state index in [0.29, 0.717) is 5.69 Å². The number of nitrogens with zero attached hydrogens (tertiary/aromatic N) is 1. The van der Waals surface area contributed by atoms with Crippen LogP contribution in [0.25, 0.3) is 0 Å². The van der Waals surface area contributed by atoms with Gasteiger partial charge in [0.05, 0.1) is 19.2 Å². The third kappa shape index (κ3) is 3.68. The summed E-state index contributed by atoms with van der Waals surface area (Å²) in [7, 11) is 1.28. The molecule has 1 N–H and O–H groups in total. The summed E-state index contributed by atoms with van der Waals surface area (Å²) < 4.78 is 4.41. The number of nitrogens with one attached hydrogen (secondary N) is 1. The first-order chi connectivity index (χ1) is 7.63. The quantitative estimate of drug-likeness (QED) is 0.740. The zero-order valence-corrected chi connectivity index (χ0v) is 9.32. The molecule has 0 unspecified atom stereocenters. The fourth-order valence-corrected chi connectivity index (χ4v) is 1.16. The number of ether oxygens (including phenoxy) is 1. The van der Waals surface area contributed by atoms with Crippen LogP contribution in [0.2, 0.25) is 0 Å². The number of hydrogen-bond donors (Lipinski definition) is 1. The standard InChI is InChI=1S/C11H14N2O3/c1-8-4-3-5-12-9(8)6-10(14)13-7-11(15)16-2/h3-5H,6-7H2,1-2H3,(H,13,14). The molecule has 0 atom stereocenters. The normalized spacial score (nSPS) is 9.62. The molecule has 0 bridgehead atoms. The van der Waals surface area contributed by atoms with Crippen LogP contribution in [0.5, 0.6) is 0 Å². The average molecular weight is 222 g/mol. The van der Waals surface area contributed by atoms with E-state index in [-0.39, 0.29) is 18.9 Å². The highest BCUT2D eigenvalue weighted by Gasteiger charge is 2.08. The molecule has 1 rings (SSSR count). The highest BCUT2D eigenvalue weighted by molar-refractivity contribution is 5.83. The minimum atomic E-state index is -0.467. The van der Waals surface area contributed by atoms with Crippen LogP contribution in [-0.2, 0) is 20.7 Å². The lowest BCUT2D eigenvalue weighted by atomic mass is 10.1. The van der Waals surface area contributed by atoms with Crippen molar-refractivity contribution >= 4 is 11.9 Å². The van der Waals surface area contributed by atoms with E-state index >= 15 is 0 Å². The average Bonchev–Trinajstić information content (AvgIpc) is 2.29. The first-order valence-corrected chi connectivity index (χ1v) is 4.87. The molecule has 0 aliphatic rings. The van der Waals surface area contributed by atoms with Crippen molar-refractivity contribution in [3.8, 4) is 0 Å². The Kier molecular flexibility index (Phi) is 4.44. The highest BCUT2D eigenvalue weighted by atomic mass is 16.5. The fourth-order valence-electron chi connectivity index (χ4n) is 1.16. The number of methoxy groups -OCH3 is 1. The van der Waals surface area contributed by atoms with Gasteiger partial charge in [-0.05, 0) is 18.6 Å². The number of hydrogen-bond acceptors (Lipinski definition) is 4. The number of carbonyl (C=O) groups excluding carboxylic acids is 2. The van der Waals surface area contributed by atoms with Crippen molar-refractivity contribution in [3.63, 3.8) is 0 Å². The Labute approximate surface area is 93.8 Å². The van der Waals surface area contributed by atoms with E-state index in [1.807, 2.05) is 19.1 Å². The van der Waals surface area contributed by atoms with Crippen molar-refractivity contribution in [2.75, 3.05) is 13.7 Å². The monoisotopic (exact) mass is 222 g/mol. The molecule has 86 valence electrons. The van der Waals surface area contributed by atoms with Crippen molar-refractivity contribution in [2.24, 2.45) is 0 Å². The summed E-state index contributed by atoms with van der Waals surface area (Å²) in [6, 6.07) is 3.70. The Hall–Kier alpha value is -1.91. The van der Waals surface area contributed by atoms with Crippen LogP contribution in [-0.4, -0.2) is 30.5 Å². The predicted octanol–water partition coefficient (Wildman–Crippen LogP) is 0.222. The van der Waals surface area contributed by atoms with Gasteiger partial charge in [0.15, 0.2) is 0 Å². The molecule has 0 aliphatic carbocycles. The Morgan fingerprint density at radius 3 is 2.88 bits per heavy atom. The molecule has 0 spiro atoms. The van der Waals surface area contributed by atoms with Crippen molar-refractivity contribution in [3.05, 3.63) is 29.6 Å². The number of rotatable bonds is 4. The first kappa shape index (κ1) is 12.2. The van der Waals surface area contributed by atoms with E-state index in [0.717, 1.165) is 5.56 Å². The number of amides is 1. The predicted molar refractivity (Wildman–Crippen MR) is 57.7 cm³/mol. The minimum Gasteiger partial charge on any atom is -0.468 e. The molecule has 5 nitrogen and oxygen atoms in total. The van der Waals surface area contributed by atoms with Gasteiger partial charge < -0.3 is 10.1 Å². The second-order valence-electron chi connectivity index (χ2n) is 3.30. The molecule has 5 heteroatoms. The molecule has 0 saturated carbocycles. The van der Waals surface area contributed by atoms with Crippen LogP contribution in [0, 0.1) is 6.92 Å². The van der Waals surface area contributed by atoms with Gasteiger partial charge in [-0.1, -0.05) is 6.07 Å². The van der Waals surface area contributed by atoms with Gasteiger partial charge in [-0.25, -0.2) is 0 Å². The molecular formula is C11H14N2O3. The maximum atomic E-state index is 11.4. The van der Waals surface area contributed by atoms with Crippen LogP contribution >= 0.6 is 0 Å². The molecule has 0 aromatic carbocycles. The van der Waals surface area contributed by atoms with Crippen molar-refractivity contribution < 1.29 is 14.3 Å². The van der Waals surface area contributed by atoms with E-state index in [4.69, 9.17) is 0 Å². The molecule has 1 heterocycles. The maximum absolute atomic E-state index is 11.4. The molecule has 16 heavy (non-hydrogen) atoms. The summed E-state index contributed by atoms with van der Waals surface area (Å²) >= 11 is 0. The van der Waals surface area contributed by atoms with Gasteiger partial charge in [0.2, 0.25) is 5.91 Å². The summed E-state index contributed by atoms with van der Waals surface area (Å²) in [4.78, 5) is 26.3. The third-order valence-corrected chi connectivity index (χ3v) is 2.10. The van der Waals surface area contributed by atoms with Gasteiger partial charge in [0, 0.05) is 6.20 Å². The van der Waals surface area contributed by atoms with E-state index in [1.165, 1.54) is 7.11 Å². The van der Waals surface area contributed by atoms with Crippen molar-refractivity contribution in [1.82, 2.24) is 10.3 Å². The Bertz CT molecular complexity index is 391. The van der Waals surface area contributed by atoms with Crippen LogP contribution < -0.4 is 5.32 Å².